The summed E-state index contributed by atoms with van der Waals surface area (Å²) in [7, 11) is 3.26. The van der Waals surface area contributed by atoms with Crippen molar-refractivity contribution < 1.29 is 14.2 Å². The minimum absolute atomic E-state index is 0.360. The van der Waals surface area contributed by atoms with Gasteiger partial charge in [-0.05, 0) is 35.9 Å². The van der Waals surface area contributed by atoms with Crippen LogP contribution in [0.2, 0.25) is 0 Å². The van der Waals surface area contributed by atoms with E-state index in [1.807, 2.05) is 42.5 Å². The predicted molar refractivity (Wildman–Crippen MR) is 82.5 cm³/mol. The Morgan fingerprint density at radius 3 is 2.29 bits per heavy atom. The lowest BCUT2D eigenvalue weighted by molar-refractivity contribution is -0.136. The standard InChI is InChI=1S/C18H20O3/c1-19-18(20-2)12-10-17(11-13-18)9-8-16(21-17)14-15-6-4-3-5-7-15/h3-7,10-14H,8-9H2,1-2H3/b16-14-. The molecule has 1 aliphatic carbocycles. The molecular weight excluding hydrogens is 264 g/mol. The molecule has 1 aromatic carbocycles. The minimum atomic E-state index is -0.763. The summed E-state index contributed by atoms with van der Waals surface area (Å²) in [6, 6.07) is 10.2. The second-order valence-electron chi connectivity index (χ2n) is 5.37. The van der Waals surface area contributed by atoms with Crippen molar-refractivity contribution in [2.45, 2.75) is 24.2 Å². The first-order valence-corrected chi connectivity index (χ1v) is 7.15. The van der Waals surface area contributed by atoms with Crippen LogP contribution >= 0.6 is 0 Å². The van der Waals surface area contributed by atoms with Gasteiger partial charge in [-0.15, -0.1) is 0 Å². The van der Waals surface area contributed by atoms with Crippen LogP contribution in [0.25, 0.3) is 6.08 Å². The molecule has 1 spiro atoms. The van der Waals surface area contributed by atoms with E-state index in [-0.39, 0.29) is 5.60 Å². The number of hydrogen-bond acceptors (Lipinski definition) is 3. The molecule has 0 aromatic heterocycles. The van der Waals surface area contributed by atoms with E-state index in [1.54, 1.807) is 14.2 Å². The van der Waals surface area contributed by atoms with E-state index in [1.165, 1.54) is 0 Å². The van der Waals surface area contributed by atoms with Crippen molar-refractivity contribution in [2.75, 3.05) is 14.2 Å². The quantitative estimate of drug-likeness (QED) is 0.626. The first-order chi connectivity index (χ1) is 10.2. The van der Waals surface area contributed by atoms with Crippen LogP contribution in [0, 0.1) is 0 Å². The van der Waals surface area contributed by atoms with Crippen LogP contribution < -0.4 is 0 Å². The van der Waals surface area contributed by atoms with Crippen molar-refractivity contribution >= 4 is 6.08 Å². The molecule has 1 fully saturated rings. The highest BCUT2D eigenvalue weighted by atomic mass is 16.7. The summed E-state index contributed by atoms with van der Waals surface area (Å²) in [6.45, 7) is 0. The predicted octanol–water partition coefficient (Wildman–Crippen LogP) is 3.69. The monoisotopic (exact) mass is 284 g/mol. The second kappa shape index (κ2) is 5.51. The Kier molecular flexibility index (Phi) is 3.70. The molecule has 21 heavy (non-hydrogen) atoms. The lowest BCUT2D eigenvalue weighted by Crippen LogP contribution is -2.35. The second-order valence-corrected chi connectivity index (χ2v) is 5.37. The molecule has 0 saturated carbocycles. The zero-order valence-electron chi connectivity index (χ0n) is 12.4. The molecule has 1 aromatic rings. The van der Waals surface area contributed by atoms with Gasteiger partial charge in [0.2, 0.25) is 5.79 Å². The molecule has 3 nitrogen and oxygen atoms in total. The summed E-state index contributed by atoms with van der Waals surface area (Å²) < 4.78 is 16.9. The average Bonchev–Trinajstić information content (AvgIpc) is 2.93. The van der Waals surface area contributed by atoms with Crippen molar-refractivity contribution in [3.05, 3.63) is 66.0 Å². The van der Waals surface area contributed by atoms with Gasteiger partial charge in [-0.25, -0.2) is 0 Å². The van der Waals surface area contributed by atoms with Crippen LogP contribution in [0.3, 0.4) is 0 Å². The van der Waals surface area contributed by atoms with Gasteiger partial charge in [-0.2, -0.15) is 0 Å². The zero-order valence-corrected chi connectivity index (χ0v) is 12.4. The Bertz CT molecular complexity index is 564. The van der Waals surface area contributed by atoms with Gasteiger partial charge < -0.3 is 14.2 Å². The van der Waals surface area contributed by atoms with Gasteiger partial charge in [-0.1, -0.05) is 30.3 Å². The number of allylic oxidation sites excluding steroid dienone is 1. The van der Waals surface area contributed by atoms with Gasteiger partial charge in [-0.3, -0.25) is 0 Å². The third-order valence-corrected chi connectivity index (χ3v) is 4.04. The summed E-state index contributed by atoms with van der Waals surface area (Å²) >= 11 is 0. The van der Waals surface area contributed by atoms with E-state index in [2.05, 4.69) is 18.2 Å². The Morgan fingerprint density at radius 2 is 1.67 bits per heavy atom. The number of ether oxygens (including phenoxy) is 3. The van der Waals surface area contributed by atoms with Crippen LogP contribution in [0.1, 0.15) is 18.4 Å². The minimum Gasteiger partial charge on any atom is -0.483 e. The van der Waals surface area contributed by atoms with E-state index in [9.17, 15) is 0 Å². The summed E-state index contributed by atoms with van der Waals surface area (Å²) in [5, 5.41) is 0. The molecule has 1 saturated heterocycles. The highest BCUT2D eigenvalue weighted by Crippen LogP contribution is 2.39. The van der Waals surface area contributed by atoms with Crippen LogP contribution in [0.15, 0.2) is 60.4 Å². The smallest absolute Gasteiger partial charge is 0.207 e. The maximum Gasteiger partial charge on any atom is 0.207 e. The summed E-state index contributed by atoms with van der Waals surface area (Å²) in [5.74, 6) is 0.248. The van der Waals surface area contributed by atoms with Crippen molar-refractivity contribution in [3.63, 3.8) is 0 Å². The van der Waals surface area contributed by atoms with E-state index in [4.69, 9.17) is 14.2 Å². The van der Waals surface area contributed by atoms with Crippen LogP contribution in [-0.2, 0) is 14.2 Å². The third-order valence-electron chi connectivity index (χ3n) is 4.04. The van der Waals surface area contributed by atoms with E-state index >= 15 is 0 Å². The Labute approximate surface area is 125 Å². The molecule has 3 rings (SSSR count). The van der Waals surface area contributed by atoms with Crippen molar-refractivity contribution in [3.8, 4) is 0 Å². The highest BCUT2D eigenvalue weighted by Gasteiger charge is 2.39. The van der Waals surface area contributed by atoms with Crippen molar-refractivity contribution in [1.29, 1.82) is 0 Å². The fourth-order valence-electron chi connectivity index (χ4n) is 2.72. The molecule has 0 radical (unpaired) electrons. The van der Waals surface area contributed by atoms with Crippen LogP contribution in [-0.4, -0.2) is 25.6 Å². The van der Waals surface area contributed by atoms with Gasteiger partial charge in [0.1, 0.15) is 5.60 Å². The molecule has 0 unspecified atom stereocenters. The molecule has 1 heterocycles. The van der Waals surface area contributed by atoms with Gasteiger partial charge in [0.15, 0.2) is 0 Å². The summed E-state index contributed by atoms with van der Waals surface area (Å²) in [6.07, 6.45) is 11.9. The number of benzene rings is 1. The number of rotatable bonds is 3. The summed E-state index contributed by atoms with van der Waals surface area (Å²) in [4.78, 5) is 0. The van der Waals surface area contributed by atoms with Gasteiger partial charge in [0.25, 0.3) is 0 Å². The van der Waals surface area contributed by atoms with E-state index < -0.39 is 5.79 Å². The highest BCUT2D eigenvalue weighted by molar-refractivity contribution is 5.52. The first-order valence-electron chi connectivity index (χ1n) is 7.15. The van der Waals surface area contributed by atoms with Crippen molar-refractivity contribution in [2.24, 2.45) is 0 Å². The molecule has 0 N–H and O–H groups in total. The zero-order chi connectivity index (χ0) is 14.8. The Morgan fingerprint density at radius 1 is 1.00 bits per heavy atom. The van der Waals surface area contributed by atoms with Gasteiger partial charge >= 0.3 is 0 Å². The molecule has 1 aliphatic heterocycles. The average molecular weight is 284 g/mol. The maximum absolute atomic E-state index is 6.15. The molecule has 3 heteroatoms. The summed E-state index contributed by atoms with van der Waals surface area (Å²) in [5.41, 5.74) is 0.803. The van der Waals surface area contributed by atoms with Gasteiger partial charge in [0.05, 0.1) is 5.76 Å². The topological polar surface area (TPSA) is 27.7 Å². The first kappa shape index (κ1) is 14.1. The molecule has 0 bridgehead atoms. The number of methoxy groups -OCH3 is 2. The fraction of sp³-hybridized carbons (Fsp3) is 0.333. The SMILES string of the molecule is COC1(OC)C=CC2(C=C1)CC/C(=C/c1ccccc1)O2. The van der Waals surface area contributed by atoms with Crippen molar-refractivity contribution in [1.82, 2.24) is 0 Å². The van der Waals surface area contributed by atoms with E-state index in [0.717, 1.165) is 24.2 Å². The Balaban J connectivity index is 1.76. The van der Waals surface area contributed by atoms with Gasteiger partial charge in [0, 0.05) is 27.1 Å². The lowest BCUT2D eigenvalue weighted by atomic mass is 9.92. The number of hydrogen-bond donors (Lipinski definition) is 0. The Hall–Kier alpha value is -1.84. The largest absolute Gasteiger partial charge is 0.483 e. The van der Waals surface area contributed by atoms with E-state index in [0.29, 0.717) is 0 Å². The molecular formula is C18H20O3. The van der Waals surface area contributed by atoms with Crippen LogP contribution in [0.4, 0.5) is 0 Å². The normalized spacial score (nSPS) is 23.6. The molecule has 0 atom stereocenters. The molecule has 0 amide bonds. The molecule has 2 aliphatic rings. The van der Waals surface area contributed by atoms with Crippen LogP contribution in [0.5, 0.6) is 0 Å². The fourth-order valence-corrected chi connectivity index (χ4v) is 2.72. The lowest BCUT2D eigenvalue weighted by Gasteiger charge is -2.32. The third kappa shape index (κ3) is 2.80. The molecule has 110 valence electrons. The maximum atomic E-state index is 6.15.